The van der Waals surface area contributed by atoms with Gasteiger partial charge in [0.25, 0.3) is 11.8 Å². The smallest absolute Gasteiger partial charge is 0.264 e. The van der Waals surface area contributed by atoms with E-state index in [1.807, 2.05) is 24.3 Å². The molecule has 0 saturated heterocycles. The van der Waals surface area contributed by atoms with E-state index in [1.54, 1.807) is 51.5 Å². The lowest BCUT2D eigenvalue weighted by atomic mass is 10.1. The molecule has 0 aromatic heterocycles. The van der Waals surface area contributed by atoms with Gasteiger partial charge in [-0.1, -0.05) is 17.8 Å². The highest BCUT2D eigenvalue weighted by molar-refractivity contribution is 8.04. The second kappa shape index (κ2) is 9.69. The number of fused-ring (bicyclic) bond motifs is 1. The Morgan fingerprint density at radius 2 is 1.87 bits per heavy atom. The summed E-state index contributed by atoms with van der Waals surface area (Å²) in [6, 6.07) is 10.8. The molecule has 0 saturated carbocycles. The summed E-state index contributed by atoms with van der Waals surface area (Å²) >= 11 is 1.38. The van der Waals surface area contributed by atoms with Crippen LogP contribution in [0.15, 0.2) is 46.2 Å². The number of amides is 2. The molecule has 0 atom stereocenters. The predicted molar refractivity (Wildman–Crippen MR) is 117 cm³/mol. The summed E-state index contributed by atoms with van der Waals surface area (Å²) < 4.78 is 15.5. The molecule has 3 rings (SSSR count). The third-order valence-corrected chi connectivity index (χ3v) is 5.69. The Kier molecular flexibility index (Phi) is 7.02. The number of methoxy groups -OCH3 is 3. The zero-order valence-corrected chi connectivity index (χ0v) is 18.2. The summed E-state index contributed by atoms with van der Waals surface area (Å²) in [7, 11) is 6.43. The number of thioether (sulfide) groups is 1. The molecule has 1 heterocycles. The van der Waals surface area contributed by atoms with Gasteiger partial charge in [-0.2, -0.15) is 0 Å². The van der Waals surface area contributed by atoms with Crippen molar-refractivity contribution in [1.82, 2.24) is 5.32 Å². The number of carbonyl (C=O) groups is 2. The van der Waals surface area contributed by atoms with Crippen LogP contribution >= 0.6 is 11.8 Å². The van der Waals surface area contributed by atoms with Gasteiger partial charge in [-0.25, -0.2) is 0 Å². The van der Waals surface area contributed by atoms with Crippen molar-refractivity contribution in [3.63, 3.8) is 0 Å². The van der Waals surface area contributed by atoms with Crippen LogP contribution < -0.4 is 19.7 Å². The van der Waals surface area contributed by atoms with Gasteiger partial charge in [0.2, 0.25) is 0 Å². The van der Waals surface area contributed by atoms with Crippen molar-refractivity contribution in [3.05, 3.63) is 52.4 Å². The van der Waals surface area contributed by atoms with Crippen molar-refractivity contribution in [2.75, 3.05) is 46.4 Å². The molecule has 0 aliphatic carbocycles. The topological polar surface area (TPSA) is 77.1 Å². The van der Waals surface area contributed by atoms with Gasteiger partial charge < -0.3 is 24.4 Å². The molecule has 2 aromatic carbocycles. The average molecular weight is 429 g/mol. The fraction of sp³-hybridized carbons (Fsp3) is 0.273. The second-order valence-corrected chi connectivity index (χ2v) is 7.60. The Morgan fingerprint density at radius 1 is 1.10 bits per heavy atom. The van der Waals surface area contributed by atoms with E-state index in [2.05, 4.69) is 5.32 Å². The summed E-state index contributed by atoms with van der Waals surface area (Å²) in [6.45, 7) is 0.864. The summed E-state index contributed by atoms with van der Waals surface area (Å²) in [5.41, 5.74) is 2.03. The molecule has 1 N–H and O–H groups in total. The van der Waals surface area contributed by atoms with E-state index in [1.165, 1.54) is 11.8 Å². The van der Waals surface area contributed by atoms with Gasteiger partial charge in [-0.3, -0.25) is 9.59 Å². The number of hydrogen-bond acceptors (Lipinski definition) is 6. The number of anilines is 1. The monoisotopic (exact) mass is 428 g/mol. The first-order valence-corrected chi connectivity index (χ1v) is 10.1. The minimum absolute atomic E-state index is 0.140. The quantitative estimate of drug-likeness (QED) is 0.539. The third kappa shape index (κ3) is 4.60. The van der Waals surface area contributed by atoms with E-state index < -0.39 is 0 Å². The van der Waals surface area contributed by atoms with Crippen LogP contribution in [-0.4, -0.2) is 53.3 Å². The molecule has 1 aliphatic heterocycles. The number of benzene rings is 2. The fourth-order valence-electron chi connectivity index (χ4n) is 3.00. The highest BCUT2D eigenvalue weighted by Crippen LogP contribution is 2.42. The molecule has 0 radical (unpaired) electrons. The Morgan fingerprint density at radius 3 is 2.57 bits per heavy atom. The van der Waals surface area contributed by atoms with E-state index in [9.17, 15) is 9.59 Å². The number of likely N-dealkylation sites (N-methyl/N-ethyl adjacent to an activating group) is 1. The third-order valence-electron chi connectivity index (χ3n) is 4.61. The zero-order chi connectivity index (χ0) is 21.7. The molecule has 7 nitrogen and oxygen atoms in total. The van der Waals surface area contributed by atoms with Crippen molar-refractivity contribution in [1.29, 1.82) is 0 Å². The zero-order valence-electron chi connectivity index (χ0n) is 17.4. The first kappa shape index (κ1) is 21.7. The Hall–Kier alpha value is -2.97. The molecule has 158 valence electrons. The van der Waals surface area contributed by atoms with Gasteiger partial charge in [0, 0.05) is 31.2 Å². The molecule has 0 spiro atoms. The molecule has 0 bridgehead atoms. The molecule has 1 aliphatic rings. The summed E-state index contributed by atoms with van der Waals surface area (Å²) in [5, 5.41) is 2.79. The van der Waals surface area contributed by atoms with E-state index in [-0.39, 0.29) is 11.8 Å². The highest BCUT2D eigenvalue weighted by Gasteiger charge is 2.27. The maximum atomic E-state index is 12.9. The van der Waals surface area contributed by atoms with Crippen LogP contribution in [-0.2, 0) is 9.53 Å². The maximum absolute atomic E-state index is 12.9. The van der Waals surface area contributed by atoms with Crippen molar-refractivity contribution < 1.29 is 23.8 Å². The van der Waals surface area contributed by atoms with Crippen molar-refractivity contribution in [2.24, 2.45) is 0 Å². The standard InChI is InChI=1S/C22H24N2O5S/c1-24-16-13-15(21(25)23-9-10-27-2)6-8-19(16)30-20(22(24)26)12-14-5-7-17(28-3)18(11-14)29-4/h5-8,11-13H,9-10H2,1-4H3,(H,23,25)/b20-12-. The first-order valence-electron chi connectivity index (χ1n) is 9.29. The lowest BCUT2D eigenvalue weighted by Gasteiger charge is -2.27. The number of ether oxygens (including phenoxy) is 3. The number of rotatable bonds is 7. The molecule has 2 amide bonds. The number of hydrogen-bond donors (Lipinski definition) is 1. The van der Waals surface area contributed by atoms with Gasteiger partial charge >= 0.3 is 0 Å². The molecule has 8 heteroatoms. The summed E-state index contributed by atoms with van der Waals surface area (Å²) in [5.74, 6) is 0.880. The van der Waals surface area contributed by atoms with Gasteiger partial charge in [-0.15, -0.1) is 0 Å². The Balaban J connectivity index is 1.86. The van der Waals surface area contributed by atoms with Crippen molar-refractivity contribution >= 4 is 35.3 Å². The van der Waals surface area contributed by atoms with Crippen LogP contribution in [0.1, 0.15) is 15.9 Å². The summed E-state index contributed by atoms with van der Waals surface area (Å²) in [4.78, 5) is 28.3. The average Bonchev–Trinajstić information content (AvgIpc) is 2.77. The number of nitrogens with one attached hydrogen (secondary N) is 1. The summed E-state index contributed by atoms with van der Waals surface area (Å²) in [6.07, 6.45) is 1.82. The van der Waals surface area contributed by atoms with Crippen LogP contribution in [0.25, 0.3) is 6.08 Å². The number of carbonyl (C=O) groups excluding carboxylic acids is 2. The van der Waals surface area contributed by atoms with Crippen LogP contribution in [0.4, 0.5) is 5.69 Å². The van der Waals surface area contributed by atoms with Crippen LogP contribution in [0.5, 0.6) is 11.5 Å². The minimum atomic E-state index is -0.202. The molecular weight excluding hydrogens is 404 g/mol. The van der Waals surface area contributed by atoms with Crippen LogP contribution in [0, 0.1) is 0 Å². The maximum Gasteiger partial charge on any atom is 0.264 e. The van der Waals surface area contributed by atoms with Gasteiger partial charge in [0.05, 0.1) is 31.4 Å². The normalized spacial score (nSPS) is 14.5. The van der Waals surface area contributed by atoms with Gasteiger partial charge in [0.1, 0.15) is 0 Å². The fourth-order valence-corrected chi connectivity index (χ4v) is 4.09. The van der Waals surface area contributed by atoms with E-state index in [0.717, 1.165) is 10.5 Å². The minimum Gasteiger partial charge on any atom is -0.493 e. The Bertz CT molecular complexity index is 989. The number of nitrogens with zero attached hydrogens (tertiary/aromatic N) is 1. The van der Waals surface area contributed by atoms with E-state index >= 15 is 0 Å². The lowest BCUT2D eigenvalue weighted by molar-refractivity contribution is -0.114. The molecule has 2 aromatic rings. The van der Waals surface area contributed by atoms with E-state index in [0.29, 0.717) is 40.8 Å². The predicted octanol–water partition coefficient (Wildman–Crippen LogP) is 3.19. The highest BCUT2D eigenvalue weighted by atomic mass is 32.2. The van der Waals surface area contributed by atoms with Gasteiger partial charge in [-0.05, 0) is 42.0 Å². The molecular formula is C22H24N2O5S. The van der Waals surface area contributed by atoms with Gasteiger partial charge in [0.15, 0.2) is 11.5 Å². The SMILES string of the molecule is COCCNC(=O)c1ccc2c(c1)N(C)C(=O)/C(=C/c1ccc(OC)c(OC)c1)S2. The Labute approximate surface area is 180 Å². The van der Waals surface area contributed by atoms with Crippen molar-refractivity contribution in [2.45, 2.75) is 4.90 Å². The molecule has 0 unspecified atom stereocenters. The molecule has 30 heavy (non-hydrogen) atoms. The largest absolute Gasteiger partial charge is 0.493 e. The second-order valence-electron chi connectivity index (χ2n) is 6.52. The van der Waals surface area contributed by atoms with Crippen LogP contribution in [0.2, 0.25) is 0 Å². The molecule has 0 fully saturated rings. The lowest BCUT2D eigenvalue weighted by Crippen LogP contribution is -2.31. The van der Waals surface area contributed by atoms with E-state index in [4.69, 9.17) is 14.2 Å². The van der Waals surface area contributed by atoms with Crippen molar-refractivity contribution in [3.8, 4) is 11.5 Å². The first-order chi connectivity index (χ1) is 14.5. The van der Waals surface area contributed by atoms with Crippen LogP contribution in [0.3, 0.4) is 0 Å².